The molecule has 0 bridgehead atoms. The van der Waals surface area contributed by atoms with E-state index in [0.717, 1.165) is 24.3 Å². The van der Waals surface area contributed by atoms with Crippen LogP contribution < -0.4 is 10.2 Å². The van der Waals surface area contributed by atoms with Gasteiger partial charge in [0.2, 0.25) is 17.5 Å². The van der Waals surface area contributed by atoms with Crippen molar-refractivity contribution in [1.29, 1.82) is 0 Å². The summed E-state index contributed by atoms with van der Waals surface area (Å²) in [4.78, 5) is 13.6. The number of phenols is 4. The summed E-state index contributed by atoms with van der Waals surface area (Å²) in [6.07, 6.45) is -16.3. The van der Waals surface area contributed by atoms with E-state index in [-0.39, 0.29) is 16.9 Å². The van der Waals surface area contributed by atoms with Crippen LogP contribution in [0.1, 0.15) is 6.92 Å². The third-order valence-electron chi connectivity index (χ3n) is 7.31. The van der Waals surface area contributed by atoms with Crippen LogP contribution in [0.15, 0.2) is 39.5 Å². The van der Waals surface area contributed by atoms with Gasteiger partial charge in [0.15, 0.2) is 23.5 Å². The molecule has 0 radical (unpaired) electrons. The predicted molar refractivity (Wildman–Crippen MR) is 140 cm³/mol. The van der Waals surface area contributed by atoms with E-state index in [9.17, 15) is 55.9 Å². The quantitative estimate of drug-likeness (QED) is 0.140. The molecule has 10 atom stereocenters. The van der Waals surface area contributed by atoms with Crippen molar-refractivity contribution in [3.8, 4) is 40.1 Å². The molecule has 43 heavy (non-hydrogen) atoms. The molecule has 1 aromatic heterocycles. The highest BCUT2D eigenvalue weighted by molar-refractivity contribution is 5.88. The maximum absolute atomic E-state index is 13.6. The van der Waals surface area contributed by atoms with Gasteiger partial charge in [-0.15, -0.1) is 0 Å². The zero-order valence-corrected chi connectivity index (χ0v) is 22.3. The van der Waals surface area contributed by atoms with Gasteiger partial charge < -0.3 is 74.4 Å². The van der Waals surface area contributed by atoms with Crippen LogP contribution in [0, 0.1) is 0 Å². The van der Waals surface area contributed by atoms with Gasteiger partial charge in [-0.2, -0.15) is 0 Å². The van der Waals surface area contributed by atoms with Crippen LogP contribution in [-0.4, -0.2) is 119 Å². The minimum Gasteiger partial charge on any atom is -0.508 e. The Morgan fingerprint density at radius 2 is 1.49 bits per heavy atom. The molecule has 0 saturated carbocycles. The van der Waals surface area contributed by atoms with Gasteiger partial charge in [0.25, 0.3) is 0 Å². The Kier molecular flexibility index (Phi) is 8.41. The number of aliphatic hydroxyl groups is 6. The van der Waals surface area contributed by atoms with Gasteiger partial charge in [0, 0.05) is 17.7 Å². The molecule has 2 saturated heterocycles. The van der Waals surface area contributed by atoms with Crippen LogP contribution >= 0.6 is 0 Å². The summed E-state index contributed by atoms with van der Waals surface area (Å²) in [5, 5.41) is 101. The summed E-state index contributed by atoms with van der Waals surface area (Å²) in [7, 11) is 0. The number of ether oxygens (including phenoxy) is 4. The summed E-state index contributed by atoms with van der Waals surface area (Å²) in [5.41, 5.74) is -1.27. The average molecular weight is 611 g/mol. The van der Waals surface area contributed by atoms with E-state index in [2.05, 4.69) is 0 Å². The molecule has 2 aliphatic heterocycles. The second-order valence-electron chi connectivity index (χ2n) is 10.2. The van der Waals surface area contributed by atoms with Crippen molar-refractivity contribution in [2.75, 3.05) is 6.61 Å². The minimum atomic E-state index is -1.93. The lowest BCUT2D eigenvalue weighted by Gasteiger charge is -2.45. The van der Waals surface area contributed by atoms with Crippen LogP contribution in [0.3, 0.4) is 0 Å². The number of aliphatic hydroxyl groups excluding tert-OH is 6. The second-order valence-corrected chi connectivity index (χ2v) is 10.2. The fourth-order valence-corrected chi connectivity index (χ4v) is 4.97. The Hall–Kier alpha value is -3.71. The Morgan fingerprint density at radius 3 is 2.16 bits per heavy atom. The molecule has 0 amide bonds. The Bertz CT molecular complexity index is 1540. The SMILES string of the molecule is C[C@@H]1O[C@H](Oc2c(-c3ccc(O)c(O)c3)oc3cc(O)cc(O)c3c2=O)[C@H](O)[C@H](O)[C@H]1O[C@H]1O[C@H](CO)[C@@H](O)[C@H](O)[C@H]1O. The first-order valence-electron chi connectivity index (χ1n) is 13.0. The van der Waals surface area contributed by atoms with E-state index in [4.69, 9.17) is 23.4 Å². The maximum Gasteiger partial charge on any atom is 0.239 e. The average Bonchev–Trinajstić information content (AvgIpc) is 2.96. The van der Waals surface area contributed by atoms with Crippen LogP contribution in [0.2, 0.25) is 0 Å². The van der Waals surface area contributed by atoms with Gasteiger partial charge in [-0.3, -0.25) is 4.79 Å². The molecule has 3 heterocycles. The molecule has 2 aliphatic rings. The number of hydrogen-bond acceptors (Lipinski definition) is 16. The molecular weight excluding hydrogens is 580 g/mol. The highest BCUT2D eigenvalue weighted by Crippen LogP contribution is 2.39. The summed E-state index contributed by atoms with van der Waals surface area (Å²) < 4.78 is 28.0. The molecule has 2 aromatic carbocycles. The highest BCUT2D eigenvalue weighted by atomic mass is 16.7. The first-order valence-corrected chi connectivity index (χ1v) is 13.0. The van der Waals surface area contributed by atoms with Crippen molar-refractivity contribution in [2.45, 2.75) is 68.3 Å². The van der Waals surface area contributed by atoms with Crippen molar-refractivity contribution >= 4 is 11.0 Å². The lowest BCUT2D eigenvalue weighted by atomic mass is 9.97. The van der Waals surface area contributed by atoms with E-state index in [1.54, 1.807) is 0 Å². The van der Waals surface area contributed by atoms with Crippen LogP contribution in [0.25, 0.3) is 22.3 Å². The standard InChI is InChI=1S/C27H30O16/c1-8-23(42-27-21(37)19(35)17(33)15(7-28)41-27)20(36)22(38)26(39-8)43-25-18(34)16-13(32)5-10(29)6-14(16)40-24(25)9-2-3-11(30)12(31)4-9/h2-6,8,15,17,19-23,26-33,35-38H,7H2,1H3/t8-,15+,17+,19-,20-,21+,22+,23-,26+,27+/m0/s1. The molecular formula is C27H30O16. The number of rotatable bonds is 6. The lowest BCUT2D eigenvalue weighted by Crippen LogP contribution is -2.64. The van der Waals surface area contributed by atoms with Gasteiger partial charge in [0.1, 0.15) is 65.2 Å². The van der Waals surface area contributed by atoms with Gasteiger partial charge in [-0.05, 0) is 25.1 Å². The zero-order chi connectivity index (χ0) is 31.3. The highest BCUT2D eigenvalue weighted by Gasteiger charge is 2.50. The van der Waals surface area contributed by atoms with E-state index in [0.29, 0.717) is 0 Å². The zero-order valence-electron chi connectivity index (χ0n) is 22.3. The van der Waals surface area contributed by atoms with E-state index >= 15 is 0 Å². The Labute approximate surface area is 241 Å². The van der Waals surface area contributed by atoms with E-state index in [1.165, 1.54) is 13.0 Å². The third-order valence-corrected chi connectivity index (χ3v) is 7.31. The van der Waals surface area contributed by atoms with Crippen molar-refractivity contribution in [1.82, 2.24) is 0 Å². The van der Waals surface area contributed by atoms with Crippen LogP contribution in [0.4, 0.5) is 0 Å². The topological polar surface area (TPSA) is 269 Å². The van der Waals surface area contributed by atoms with Gasteiger partial charge in [-0.1, -0.05) is 0 Å². The predicted octanol–water partition coefficient (Wildman–Crippen LogP) is -1.69. The van der Waals surface area contributed by atoms with Crippen molar-refractivity contribution in [3.63, 3.8) is 0 Å². The minimum absolute atomic E-state index is 0.00476. The summed E-state index contributed by atoms with van der Waals surface area (Å²) in [6.45, 7) is 0.657. The summed E-state index contributed by atoms with van der Waals surface area (Å²) in [5.74, 6) is -3.19. The molecule has 0 spiro atoms. The molecule has 10 N–H and O–H groups in total. The fraction of sp³-hybridized carbons (Fsp3) is 0.444. The molecule has 0 unspecified atom stereocenters. The largest absolute Gasteiger partial charge is 0.508 e. The molecule has 234 valence electrons. The number of aromatic hydroxyl groups is 4. The third kappa shape index (κ3) is 5.55. The molecule has 0 aliphatic carbocycles. The van der Waals surface area contributed by atoms with Crippen LogP contribution in [0.5, 0.6) is 28.7 Å². The van der Waals surface area contributed by atoms with Crippen LogP contribution in [-0.2, 0) is 14.2 Å². The molecule has 16 heteroatoms. The van der Waals surface area contributed by atoms with Gasteiger partial charge >= 0.3 is 0 Å². The van der Waals surface area contributed by atoms with Crippen molar-refractivity contribution < 1.29 is 74.4 Å². The van der Waals surface area contributed by atoms with Gasteiger partial charge in [0.05, 0.1) is 12.7 Å². The second kappa shape index (κ2) is 11.8. The number of benzene rings is 2. The molecule has 3 aromatic rings. The molecule has 16 nitrogen and oxygen atoms in total. The Morgan fingerprint density at radius 1 is 0.791 bits per heavy atom. The fourth-order valence-electron chi connectivity index (χ4n) is 4.97. The number of hydrogen-bond donors (Lipinski definition) is 10. The summed E-state index contributed by atoms with van der Waals surface area (Å²) >= 11 is 0. The maximum atomic E-state index is 13.6. The molecule has 2 fully saturated rings. The monoisotopic (exact) mass is 610 g/mol. The molecule has 5 rings (SSSR count). The lowest BCUT2D eigenvalue weighted by molar-refractivity contribution is -0.348. The normalized spacial score (nSPS) is 33.0. The van der Waals surface area contributed by atoms with Gasteiger partial charge in [-0.25, -0.2) is 0 Å². The first-order chi connectivity index (χ1) is 20.3. The first kappa shape index (κ1) is 30.7. The number of phenolic OH excluding ortho intramolecular Hbond substituents is 4. The van der Waals surface area contributed by atoms with E-state index in [1.807, 2.05) is 0 Å². The van der Waals surface area contributed by atoms with Crippen molar-refractivity contribution in [3.05, 3.63) is 40.6 Å². The smallest absolute Gasteiger partial charge is 0.239 e. The van der Waals surface area contributed by atoms with E-state index < -0.39 is 108 Å². The summed E-state index contributed by atoms with van der Waals surface area (Å²) in [6, 6.07) is 5.32. The van der Waals surface area contributed by atoms with Crippen molar-refractivity contribution in [2.24, 2.45) is 0 Å². The number of fused-ring (bicyclic) bond motifs is 1. The Balaban J connectivity index is 1.47.